The number of H-pyrrole nitrogens is 1. The molecule has 2 aromatic heterocycles. The number of ether oxygens (including phenoxy) is 1. The third kappa shape index (κ3) is 1.16. The Kier molecular flexibility index (Phi) is 1.73. The van der Waals surface area contributed by atoms with Gasteiger partial charge in [0.05, 0.1) is 18.3 Å². The Hall–Kier alpha value is -1.84. The molecule has 0 bridgehead atoms. The SMILES string of the molecule is COc1ccnc2cc(C=O)[nH]c12. The van der Waals surface area contributed by atoms with E-state index in [1.807, 2.05) is 0 Å². The molecule has 0 amide bonds. The van der Waals surface area contributed by atoms with Crippen LogP contribution in [0.1, 0.15) is 10.5 Å². The van der Waals surface area contributed by atoms with E-state index in [4.69, 9.17) is 4.74 Å². The number of nitrogens with one attached hydrogen (secondary N) is 1. The van der Waals surface area contributed by atoms with E-state index in [0.717, 1.165) is 17.3 Å². The maximum absolute atomic E-state index is 10.5. The van der Waals surface area contributed by atoms with Crippen molar-refractivity contribution in [3.05, 3.63) is 24.0 Å². The van der Waals surface area contributed by atoms with Gasteiger partial charge in [-0.3, -0.25) is 9.78 Å². The van der Waals surface area contributed by atoms with Crippen molar-refractivity contribution in [3.8, 4) is 5.75 Å². The number of aromatic nitrogens is 2. The molecule has 0 radical (unpaired) electrons. The lowest BCUT2D eigenvalue weighted by Crippen LogP contribution is -1.85. The zero-order valence-electron chi connectivity index (χ0n) is 7.07. The predicted molar refractivity (Wildman–Crippen MR) is 48.0 cm³/mol. The molecular formula is C9H8N2O2. The molecule has 0 aliphatic rings. The minimum absolute atomic E-state index is 0.506. The van der Waals surface area contributed by atoms with E-state index in [9.17, 15) is 4.79 Å². The Morgan fingerprint density at radius 3 is 3.15 bits per heavy atom. The minimum atomic E-state index is 0.506. The van der Waals surface area contributed by atoms with E-state index in [1.165, 1.54) is 0 Å². The summed E-state index contributed by atoms with van der Waals surface area (Å²) in [5.74, 6) is 0.693. The quantitative estimate of drug-likeness (QED) is 0.703. The highest BCUT2D eigenvalue weighted by Gasteiger charge is 2.05. The number of aldehydes is 1. The second-order valence-corrected chi connectivity index (χ2v) is 2.62. The van der Waals surface area contributed by atoms with Crippen LogP contribution in [0.5, 0.6) is 5.75 Å². The Balaban J connectivity index is 2.74. The standard InChI is InChI=1S/C9H8N2O2/c1-13-8-2-3-10-7-4-6(5-12)11-9(7)8/h2-5,11H,1H3. The molecule has 0 unspecified atom stereocenters. The molecule has 2 heterocycles. The third-order valence-electron chi connectivity index (χ3n) is 1.85. The van der Waals surface area contributed by atoms with E-state index in [0.29, 0.717) is 11.4 Å². The number of hydrogen-bond acceptors (Lipinski definition) is 3. The fraction of sp³-hybridized carbons (Fsp3) is 0.111. The Labute approximate surface area is 74.5 Å². The van der Waals surface area contributed by atoms with Crippen molar-refractivity contribution in [2.75, 3.05) is 7.11 Å². The highest BCUT2D eigenvalue weighted by atomic mass is 16.5. The fourth-order valence-corrected chi connectivity index (χ4v) is 1.26. The molecule has 0 saturated carbocycles. The van der Waals surface area contributed by atoms with Crippen molar-refractivity contribution >= 4 is 17.3 Å². The van der Waals surface area contributed by atoms with E-state index in [-0.39, 0.29) is 0 Å². The average molecular weight is 176 g/mol. The largest absolute Gasteiger partial charge is 0.494 e. The molecule has 0 fully saturated rings. The maximum atomic E-state index is 10.5. The number of pyridine rings is 1. The van der Waals surface area contributed by atoms with Gasteiger partial charge in [0.15, 0.2) is 6.29 Å². The highest BCUT2D eigenvalue weighted by Crippen LogP contribution is 2.22. The van der Waals surface area contributed by atoms with Gasteiger partial charge in [0.25, 0.3) is 0 Å². The topological polar surface area (TPSA) is 55.0 Å². The molecule has 66 valence electrons. The molecule has 0 spiro atoms. The van der Waals surface area contributed by atoms with Crippen LogP contribution in [0.2, 0.25) is 0 Å². The summed E-state index contributed by atoms with van der Waals surface area (Å²) in [6.45, 7) is 0. The minimum Gasteiger partial charge on any atom is -0.494 e. The lowest BCUT2D eigenvalue weighted by atomic mass is 10.3. The molecular weight excluding hydrogens is 168 g/mol. The molecule has 0 aromatic carbocycles. The van der Waals surface area contributed by atoms with Gasteiger partial charge in [-0.15, -0.1) is 0 Å². The summed E-state index contributed by atoms with van der Waals surface area (Å²) in [5.41, 5.74) is 2.00. The van der Waals surface area contributed by atoms with Gasteiger partial charge in [0.1, 0.15) is 11.3 Å². The van der Waals surface area contributed by atoms with Crippen LogP contribution in [0.15, 0.2) is 18.3 Å². The number of rotatable bonds is 2. The van der Waals surface area contributed by atoms with Crippen molar-refractivity contribution in [3.63, 3.8) is 0 Å². The Morgan fingerprint density at radius 2 is 2.46 bits per heavy atom. The summed E-state index contributed by atoms with van der Waals surface area (Å²) < 4.78 is 5.10. The van der Waals surface area contributed by atoms with Gasteiger partial charge in [0.2, 0.25) is 0 Å². The van der Waals surface area contributed by atoms with Gasteiger partial charge < -0.3 is 9.72 Å². The summed E-state index contributed by atoms with van der Waals surface area (Å²) >= 11 is 0. The zero-order chi connectivity index (χ0) is 9.26. The van der Waals surface area contributed by atoms with Crippen LogP contribution in [-0.2, 0) is 0 Å². The molecule has 0 saturated heterocycles. The van der Waals surface area contributed by atoms with Crippen LogP contribution < -0.4 is 4.74 Å². The zero-order valence-corrected chi connectivity index (χ0v) is 7.07. The first-order valence-corrected chi connectivity index (χ1v) is 3.82. The molecule has 2 rings (SSSR count). The molecule has 13 heavy (non-hydrogen) atoms. The Morgan fingerprint density at radius 1 is 1.62 bits per heavy atom. The smallest absolute Gasteiger partial charge is 0.166 e. The van der Waals surface area contributed by atoms with Gasteiger partial charge in [-0.1, -0.05) is 0 Å². The van der Waals surface area contributed by atoms with Gasteiger partial charge >= 0.3 is 0 Å². The molecule has 0 aliphatic heterocycles. The summed E-state index contributed by atoms with van der Waals surface area (Å²) in [5, 5.41) is 0. The number of methoxy groups -OCH3 is 1. The number of carbonyl (C=O) groups is 1. The van der Waals surface area contributed by atoms with E-state index < -0.39 is 0 Å². The number of nitrogens with zero attached hydrogens (tertiary/aromatic N) is 1. The molecule has 4 heteroatoms. The highest BCUT2D eigenvalue weighted by molar-refractivity contribution is 5.88. The van der Waals surface area contributed by atoms with Gasteiger partial charge in [-0.2, -0.15) is 0 Å². The molecule has 2 aromatic rings. The number of carbonyl (C=O) groups excluding carboxylic acids is 1. The monoisotopic (exact) mass is 176 g/mol. The van der Waals surface area contributed by atoms with E-state index >= 15 is 0 Å². The first kappa shape index (κ1) is 7.79. The second-order valence-electron chi connectivity index (χ2n) is 2.62. The number of fused-ring (bicyclic) bond motifs is 1. The summed E-state index contributed by atoms with van der Waals surface area (Å²) in [4.78, 5) is 17.5. The number of hydrogen-bond donors (Lipinski definition) is 1. The first-order chi connectivity index (χ1) is 6.35. The Bertz CT molecular complexity index is 448. The molecule has 0 atom stereocenters. The van der Waals surface area contributed by atoms with Crippen LogP contribution in [0.4, 0.5) is 0 Å². The van der Waals surface area contributed by atoms with Crippen molar-refractivity contribution in [2.45, 2.75) is 0 Å². The molecule has 0 aliphatic carbocycles. The van der Waals surface area contributed by atoms with Crippen LogP contribution in [0.25, 0.3) is 11.0 Å². The summed E-state index contributed by atoms with van der Waals surface area (Å²) in [6, 6.07) is 3.43. The predicted octanol–water partition coefficient (Wildman–Crippen LogP) is 1.38. The molecule has 4 nitrogen and oxygen atoms in total. The van der Waals surface area contributed by atoms with Crippen molar-refractivity contribution < 1.29 is 9.53 Å². The van der Waals surface area contributed by atoms with Crippen LogP contribution in [0, 0.1) is 0 Å². The first-order valence-electron chi connectivity index (χ1n) is 3.82. The van der Waals surface area contributed by atoms with Crippen molar-refractivity contribution in [1.29, 1.82) is 0 Å². The van der Waals surface area contributed by atoms with Gasteiger partial charge in [-0.05, 0) is 6.07 Å². The maximum Gasteiger partial charge on any atom is 0.166 e. The van der Waals surface area contributed by atoms with Crippen LogP contribution in [-0.4, -0.2) is 23.4 Å². The summed E-state index contributed by atoms with van der Waals surface area (Å²) in [7, 11) is 1.58. The van der Waals surface area contributed by atoms with Crippen molar-refractivity contribution in [1.82, 2.24) is 9.97 Å². The lowest BCUT2D eigenvalue weighted by molar-refractivity contribution is 0.112. The van der Waals surface area contributed by atoms with Gasteiger partial charge in [0, 0.05) is 12.3 Å². The lowest BCUT2D eigenvalue weighted by Gasteiger charge is -1.98. The van der Waals surface area contributed by atoms with Gasteiger partial charge in [-0.25, -0.2) is 0 Å². The normalized spacial score (nSPS) is 10.2. The van der Waals surface area contributed by atoms with Crippen molar-refractivity contribution in [2.24, 2.45) is 0 Å². The summed E-state index contributed by atoms with van der Waals surface area (Å²) in [6.07, 6.45) is 2.39. The van der Waals surface area contributed by atoms with E-state index in [1.54, 1.807) is 25.4 Å². The third-order valence-corrected chi connectivity index (χ3v) is 1.85. The average Bonchev–Trinajstić information content (AvgIpc) is 2.59. The second kappa shape index (κ2) is 2.90. The van der Waals surface area contributed by atoms with Crippen LogP contribution in [0.3, 0.4) is 0 Å². The van der Waals surface area contributed by atoms with E-state index in [2.05, 4.69) is 9.97 Å². The fourth-order valence-electron chi connectivity index (χ4n) is 1.26. The number of aromatic amines is 1. The van der Waals surface area contributed by atoms with Crippen LogP contribution >= 0.6 is 0 Å². The molecule has 1 N–H and O–H groups in total.